The van der Waals surface area contributed by atoms with E-state index in [-0.39, 0.29) is 5.69 Å². The van der Waals surface area contributed by atoms with Crippen molar-refractivity contribution in [2.24, 2.45) is 0 Å². The topological polar surface area (TPSA) is 69.9 Å². The van der Waals surface area contributed by atoms with E-state index < -0.39 is 17.5 Å². The Balaban J connectivity index is 1.76. The van der Waals surface area contributed by atoms with E-state index in [1.165, 1.54) is 13.2 Å². The standard InChI is InChI=1S/C27H23F2NO5/c1-15(9-27(31)30-23-10-16(28)5-7-22(23)29)18-12-20-21(14-35-26(20)13-25(18)34-4)19-11-17(32-2)6-8-24(19)33-3/h5-14H,1-4H3,(H,30,31)/b15-9+. The number of ether oxygens (including phenoxy) is 3. The van der Waals surface area contributed by atoms with Crippen LogP contribution in [-0.4, -0.2) is 27.2 Å². The summed E-state index contributed by atoms with van der Waals surface area (Å²) >= 11 is 0. The van der Waals surface area contributed by atoms with Crippen LogP contribution < -0.4 is 19.5 Å². The largest absolute Gasteiger partial charge is 0.497 e. The maximum Gasteiger partial charge on any atom is 0.248 e. The first kappa shape index (κ1) is 23.8. The van der Waals surface area contributed by atoms with Crippen LogP contribution in [0.4, 0.5) is 14.5 Å². The summed E-state index contributed by atoms with van der Waals surface area (Å²) < 4.78 is 49.6. The van der Waals surface area contributed by atoms with Gasteiger partial charge in [0.15, 0.2) is 0 Å². The van der Waals surface area contributed by atoms with Crippen molar-refractivity contribution in [2.45, 2.75) is 6.92 Å². The van der Waals surface area contributed by atoms with Gasteiger partial charge in [0.25, 0.3) is 0 Å². The van der Waals surface area contributed by atoms with Crippen molar-refractivity contribution >= 4 is 28.1 Å². The third-order valence-electron chi connectivity index (χ3n) is 5.55. The second kappa shape index (κ2) is 9.89. The molecule has 1 aromatic heterocycles. The predicted octanol–water partition coefficient (Wildman–Crippen LogP) is 6.45. The van der Waals surface area contributed by atoms with Gasteiger partial charge in [-0.1, -0.05) is 0 Å². The number of carbonyl (C=O) groups excluding carboxylic acids is 1. The van der Waals surface area contributed by atoms with Gasteiger partial charge >= 0.3 is 0 Å². The Morgan fingerprint density at radius 2 is 1.69 bits per heavy atom. The molecule has 4 aromatic rings. The average molecular weight is 479 g/mol. The number of allylic oxidation sites excluding steroid dienone is 1. The van der Waals surface area contributed by atoms with Crippen molar-refractivity contribution in [3.8, 4) is 28.4 Å². The van der Waals surface area contributed by atoms with Crippen LogP contribution >= 0.6 is 0 Å². The van der Waals surface area contributed by atoms with E-state index in [2.05, 4.69) is 5.32 Å². The molecular formula is C27H23F2NO5. The highest BCUT2D eigenvalue weighted by molar-refractivity contribution is 6.05. The highest BCUT2D eigenvalue weighted by Gasteiger charge is 2.18. The van der Waals surface area contributed by atoms with Crippen molar-refractivity contribution in [3.05, 3.63) is 78.1 Å². The minimum atomic E-state index is -0.736. The molecule has 4 rings (SSSR count). The van der Waals surface area contributed by atoms with E-state index >= 15 is 0 Å². The number of furan rings is 1. The summed E-state index contributed by atoms with van der Waals surface area (Å²) in [6.45, 7) is 1.72. The van der Waals surface area contributed by atoms with Crippen molar-refractivity contribution in [2.75, 3.05) is 26.6 Å². The fourth-order valence-electron chi connectivity index (χ4n) is 3.80. The first-order chi connectivity index (χ1) is 16.8. The molecule has 0 radical (unpaired) electrons. The lowest BCUT2D eigenvalue weighted by Crippen LogP contribution is -2.10. The minimum absolute atomic E-state index is 0.247. The Morgan fingerprint density at radius 3 is 2.40 bits per heavy atom. The lowest BCUT2D eigenvalue weighted by molar-refractivity contribution is -0.111. The summed E-state index contributed by atoms with van der Waals surface area (Å²) in [5, 5.41) is 3.13. The number of anilines is 1. The summed E-state index contributed by atoms with van der Waals surface area (Å²) in [4.78, 5) is 12.5. The molecule has 6 nitrogen and oxygen atoms in total. The van der Waals surface area contributed by atoms with Crippen LogP contribution in [0.1, 0.15) is 12.5 Å². The van der Waals surface area contributed by atoms with Crippen molar-refractivity contribution in [3.63, 3.8) is 0 Å². The fraction of sp³-hybridized carbons (Fsp3) is 0.148. The van der Waals surface area contributed by atoms with E-state index in [1.54, 1.807) is 45.6 Å². The quantitative estimate of drug-likeness (QED) is 0.309. The van der Waals surface area contributed by atoms with Gasteiger partial charge in [0.2, 0.25) is 5.91 Å². The van der Waals surface area contributed by atoms with Crippen molar-refractivity contribution in [1.29, 1.82) is 0 Å². The van der Waals surface area contributed by atoms with Gasteiger partial charge in [0, 0.05) is 40.3 Å². The number of hydrogen-bond donors (Lipinski definition) is 1. The highest BCUT2D eigenvalue weighted by Crippen LogP contribution is 2.41. The number of carbonyl (C=O) groups is 1. The molecule has 1 N–H and O–H groups in total. The molecule has 35 heavy (non-hydrogen) atoms. The summed E-state index contributed by atoms with van der Waals surface area (Å²) in [5.41, 5.74) is 3.02. The predicted molar refractivity (Wildman–Crippen MR) is 130 cm³/mol. The number of hydrogen-bond acceptors (Lipinski definition) is 5. The van der Waals surface area contributed by atoms with Gasteiger partial charge in [0.1, 0.15) is 34.5 Å². The van der Waals surface area contributed by atoms with Crippen molar-refractivity contribution < 1.29 is 32.2 Å². The lowest BCUT2D eigenvalue weighted by atomic mass is 9.98. The maximum atomic E-state index is 13.9. The minimum Gasteiger partial charge on any atom is -0.497 e. The summed E-state index contributed by atoms with van der Waals surface area (Å²) in [6, 6.07) is 11.9. The van der Waals surface area contributed by atoms with E-state index in [9.17, 15) is 13.6 Å². The van der Waals surface area contributed by atoms with Crippen LogP contribution in [-0.2, 0) is 4.79 Å². The number of benzene rings is 3. The Hall–Kier alpha value is -4.33. The smallest absolute Gasteiger partial charge is 0.248 e. The number of fused-ring (bicyclic) bond motifs is 1. The van der Waals surface area contributed by atoms with Gasteiger partial charge < -0.3 is 23.9 Å². The number of rotatable bonds is 7. The van der Waals surface area contributed by atoms with Crippen LogP contribution in [0.5, 0.6) is 17.2 Å². The molecule has 0 aliphatic carbocycles. The molecule has 1 heterocycles. The van der Waals surface area contributed by atoms with Gasteiger partial charge in [-0.25, -0.2) is 8.78 Å². The summed E-state index contributed by atoms with van der Waals surface area (Å²) in [7, 11) is 4.67. The monoisotopic (exact) mass is 479 g/mol. The van der Waals surface area contributed by atoms with Crippen LogP contribution in [0.2, 0.25) is 0 Å². The highest BCUT2D eigenvalue weighted by atomic mass is 19.1. The third kappa shape index (κ3) is 4.82. The summed E-state index contributed by atoms with van der Waals surface area (Å²) in [6.07, 6.45) is 2.91. The molecule has 0 fully saturated rings. The SMILES string of the molecule is COc1ccc(OC)c(-c2coc3cc(OC)c(/C(C)=C/C(=O)Nc4cc(F)ccc4F)cc23)c1. The molecule has 3 aromatic carbocycles. The zero-order valence-corrected chi connectivity index (χ0v) is 19.6. The third-order valence-corrected chi connectivity index (χ3v) is 5.55. The Kier molecular flexibility index (Phi) is 6.73. The molecule has 0 spiro atoms. The zero-order valence-electron chi connectivity index (χ0n) is 19.6. The Morgan fingerprint density at radius 1 is 0.914 bits per heavy atom. The van der Waals surface area contributed by atoms with Crippen molar-refractivity contribution in [1.82, 2.24) is 0 Å². The normalized spacial score (nSPS) is 11.4. The molecule has 8 heteroatoms. The lowest BCUT2D eigenvalue weighted by Gasteiger charge is -2.12. The van der Waals surface area contributed by atoms with Gasteiger partial charge in [0.05, 0.1) is 33.3 Å². The number of nitrogens with one attached hydrogen (secondary N) is 1. The first-order valence-corrected chi connectivity index (χ1v) is 10.6. The molecule has 0 aliphatic rings. The molecule has 1 amide bonds. The molecule has 0 aliphatic heterocycles. The maximum absolute atomic E-state index is 13.9. The molecule has 0 atom stereocenters. The van der Waals surface area contributed by atoms with E-state index in [0.29, 0.717) is 34.0 Å². The Bertz CT molecular complexity index is 1440. The second-order valence-corrected chi connectivity index (χ2v) is 7.71. The van der Waals surface area contributed by atoms with Crippen LogP contribution in [0.3, 0.4) is 0 Å². The first-order valence-electron chi connectivity index (χ1n) is 10.6. The molecule has 0 unspecified atom stereocenters. The zero-order chi connectivity index (χ0) is 25.1. The summed E-state index contributed by atoms with van der Waals surface area (Å²) in [5.74, 6) is -0.239. The van der Waals surface area contributed by atoms with Gasteiger partial charge in [-0.05, 0) is 48.9 Å². The number of halogens is 2. The van der Waals surface area contributed by atoms with E-state index in [1.807, 2.05) is 12.1 Å². The van der Waals surface area contributed by atoms with E-state index in [0.717, 1.165) is 34.7 Å². The molecule has 180 valence electrons. The van der Waals surface area contributed by atoms with Crippen LogP contribution in [0, 0.1) is 11.6 Å². The van der Waals surface area contributed by atoms with Gasteiger partial charge in [-0.3, -0.25) is 4.79 Å². The van der Waals surface area contributed by atoms with Gasteiger partial charge in [-0.15, -0.1) is 0 Å². The number of methoxy groups -OCH3 is 3. The molecular weight excluding hydrogens is 456 g/mol. The second-order valence-electron chi connectivity index (χ2n) is 7.71. The molecule has 0 saturated heterocycles. The van der Waals surface area contributed by atoms with Crippen LogP contribution in [0.25, 0.3) is 27.7 Å². The number of amides is 1. The fourth-order valence-corrected chi connectivity index (χ4v) is 3.80. The average Bonchev–Trinajstić information content (AvgIpc) is 3.27. The molecule has 0 saturated carbocycles. The molecule has 0 bridgehead atoms. The van der Waals surface area contributed by atoms with Gasteiger partial charge in [-0.2, -0.15) is 0 Å². The Labute approximate surface area is 200 Å². The van der Waals surface area contributed by atoms with E-state index in [4.69, 9.17) is 18.6 Å². The van der Waals surface area contributed by atoms with Crippen LogP contribution in [0.15, 0.2) is 65.3 Å².